The van der Waals surface area contributed by atoms with Gasteiger partial charge in [0.15, 0.2) is 0 Å². The number of hydrogen-bond acceptors (Lipinski definition) is 1. The molecule has 0 unspecified atom stereocenters. The summed E-state index contributed by atoms with van der Waals surface area (Å²) in [6.45, 7) is 2.15. The first kappa shape index (κ1) is 27.5. The number of para-hydroxylation sites is 2. The Morgan fingerprint density at radius 1 is 0.652 bits per heavy atom. The quantitative estimate of drug-likeness (QED) is 0.176. The molecule has 0 radical (unpaired) electrons. The minimum atomic E-state index is 0.679. The number of aryl methyl sites for hydroxylation is 1. The van der Waals surface area contributed by atoms with Gasteiger partial charge in [-0.05, 0) is 71.2 Å². The number of hydrogen-bond donors (Lipinski definition) is 0. The maximum atomic E-state index is 6.78. The smallest absolute Gasteiger partial charge is 0.142 e. The average Bonchev–Trinajstić information content (AvgIpc) is 3.63. The van der Waals surface area contributed by atoms with Gasteiger partial charge >= 0.3 is 0 Å². The molecule has 0 saturated carbocycles. The molecule has 6 aromatic carbocycles. The summed E-state index contributed by atoms with van der Waals surface area (Å²) in [5.41, 5.74) is 12.4. The van der Waals surface area contributed by atoms with Crippen molar-refractivity contribution in [3.8, 4) is 40.3 Å². The van der Waals surface area contributed by atoms with E-state index in [1.165, 1.54) is 38.5 Å². The van der Waals surface area contributed by atoms with Crippen molar-refractivity contribution in [3.05, 3.63) is 168 Å². The van der Waals surface area contributed by atoms with E-state index >= 15 is 0 Å². The first-order valence-corrected chi connectivity index (χ1v) is 15.6. The molecule has 0 aliphatic carbocycles. The number of nitrogens with zero attached hydrogens (tertiary/aromatic N) is 1. The van der Waals surface area contributed by atoms with E-state index in [9.17, 15) is 0 Å². The fraction of sp³-hybridized carbons (Fsp3) is 0.0455. The molecular formula is C44H31NO. The molecule has 8 aromatic rings. The van der Waals surface area contributed by atoms with Gasteiger partial charge in [0.05, 0.1) is 11.0 Å². The Balaban J connectivity index is 1.37. The number of benzene rings is 6. The molecule has 218 valence electrons. The molecule has 0 amide bonds. The normalized spacial score (nSPS) is 11.6. The van der Waals surface area contributed by atoms with Crippen molar-refractivity contribution in [2.75, 3.05) is 0 Å². The standard InChI is InChI=1S/C44H31NO/c1-3-4-19-35-38-25-13-24-37(44(38)46-42(35)29-31-16-6-5-7-17-31)34-21-9-8-20-33(34)36-23-14-27-41-43(36)39-22-10-11-26-40(39)45(41)32-18-12-15-30(2)28-32/h1,4-28H,29H2,2H3/b19-4-. The highest BCUT2D eigenvalue weighted by molar-refractivity contribution is 6.17. The van der Waals surface area contributed by atoms with Gasteiger partial charge in [0.25, 0.3) is 0 Å². The predicted octanol–water partition coefficient (Wildman–Crippen LogP) is 11.4. The van der Waals surface area contributed by atoms with Crippen LogP contribution in [-0.4, -0.2) is 4.57 Å². The van der Waals surface area contributed by atoms with Gasteiger partial charge in [-0.1, -0.05) is 121 Å². The summed E-state index contributed by atoms with van der Waals surface area (Å²) in [6, 6.07) is 49.6. The molecule has 0 aliphatic rings. The highest BCUT2D eigenvalue weighted by atomic mass is 16.3. The van der Waals surface area contributed by atoms with Crippen LogP contribution in [0.15, 0.2) is 150 Å². The number of rotatable bonds is 6. The summed E-state index contributed by atoms with van der Waals surface area (Å²) < 4.78 is 9.17. The van der Waals surface area contributed by atoms with Crippen LogP contribution in [0.5, 0.6) is 0 Å². The summed E-state index contributed by atoms with van der Waals surface area (Å²) in [4.78, 5) is 0. The highest BCUT2D eigenvalue weighted by Crippen LogP contribution is 2.44. The molecule has 0 spiro atoms. The Morgan fingerprint density at radius 3 is 2.13 bits per heavy atom. The summed E-state index contributed by atoms with van der Waals surface area (Å²) in [7, 11) is 0. The molecule has 2 nitrogen and oxygen atoms in total. The molecule has 2 aromatic heterocycles. The monoisotopic (exact) mass is 589 g/mol. The van der Waals surface area contributed by atoms with E-state index < -0.39 is 0 Å². The fourth-order valence-electron chi connectivity index (χ4n) is 6.87. The number of aromatic nitrogens is 1. The van der Waals surface area contributed by atoms with Crippen LogP contribution < -0.4 is 0 Å². The Hall–Kier alpha value is -6.04. The molecule has 8 rings (SSSR count). The highest BCUT2D eigenvalue weighted by Gasteiger charge is 2.21. The molecule has 46 heavy (non-hydrogen) atoms. The molecule has 0 fully saturated rings. The second kappa shape index (κ2) is 11.5. The summed E-state index contributed by atoms with van der Waals surface area (Å²) >= 11 is 0. The molecule has 0 saturated heterocycles. The topological polar surface area (TPSA) is 18.1 Å². The minimum absolute atomic E-state index is 0.679. The minimum Gasteiger partial charge on any atom is -0.459 e. The van der Waals surface area contributed by atoms with Gasteiger partial charge in [-0.3, -0.25) is 0 Å². The molecular weight excluding hydrogens is 558 g/mol. The van der Waals surface area contributed by atoms with Gasteiger partial charge < -0.3 is 8.98 Å². The van der Waals surface area contributed by atoms with Crippen molar-refractivity contribution >= 4 is 38.9 Å². The van der Waals surface area contributed by atoms with Crippen LogP contribution in [-0.2, 0) is 6.42 Å². The maximum absolute atomic E-state index is 6.78. The fourth-order valence-corrected chi connectivity index (χ4v) is 6.87. The van der Waals surface area contributed by atoms with Crippen LogP contribution in [0.25, 0.3) is 66.8 Å². The van der Waals surface area contributed by atoms with Crippen molar-refractivity contribution in [2.24, 2.45) is 0 Å². The lowest BCUT2D eigenvalue weighted by molar-refractivity contribution is 0.562. The predicted molar refractivity (Wildman–Crippen MR) is 193 cm³/mol. The molecule has 0 N–H and O–H groups in total. The number of fused-ring (bicyclic) bond motifs is 4. The van der Waals surface area contributed by atoms with Crippen LogP contribution in [0.2, 0.25) is 0 Å². The van der Waals surface area contributed by atoms with Gasteiger partial charge in [-0.2, -0.15) is 0 Å². The molecule has 0 atom stereocenters. The third-order valence-corrected chi connectivity index (χ3v) is 8.85. The van der Waals surface area contributed by atoms with Gasteiger partial charge in [-0.15, -0.1) is 6.42 Å². The Labute approximate surface area is 268 Å². The molecule has 2 heterocycles. The number of terminal acetylenes is 1. The van der Waals surface area contributed by atoms with E-state index in [4.69, 9.17) is 10.8 Å². The van der Waals surface area contributed by atoms with Gasteiger partial charge in [0.1, 0.15) is 11.3 Å². The Bertz CT molecular complexity index is 2460. The van der Waals surface area contributed by atoms with Gasteiger partial charge in [0, 0.05) is 39.4 Å². The lowest BCUT2D eigenvalue weighted by atomic mass is 9.91. The lowest BCUT2D eigenvalue weighted by Gasteiger charge is -2.13. The van der Waals surface area contributed by atoms with Crippen molar-refractivity contribution in [2.45, 2.75) is 13.3 Å². The average molecular weight is 590 g/mol. The molecule has 0 bridgehead atoms. The number of allylic oxidation sites excluding steroid dienone is 1. The molecule has 0 aliphatic heterocycles. The van der Waals surface area contributed by atoms with Crippen molar-refractivity contribution in [1.29, 1.82) is 0 Å². The van der Waals surface area contributed by atoms with Gasteiger partial charge in [-0.25, -0.2) is 0 Å². The first-order valence-electron chi connectivity index (χ1n) is 15.6. The zero-order valence-electron chi connectivity index (χ0n) is 25.6. The number of furan rings is 1. The van der Waals surface area contributed by atoms with Crippen molar-refractivity contribution in [3.63, 3.8) is 0 Å². The summed E-state index contributed by atoms with van der Waals surface area (Å²) in [5, 5.41) is 3.52. The van der Waals surface area contributed by atoms with E-state index in [2.05, 4.69) is 151 Å². The van der Waals surface area contributed by atoms with Crippen molar-refractivity contribution < 1.29 is 4.42 Å². The zero-order chi connectivity index (χ0) is 31.0. The maximum Gasteiger partial charge on any atom is 0.142 e. The van der Waals surface area contributed by atoms with Gasteiger partial charge in [0.2, 0.25) is 0 Å². The second-order valence-electron chi connectivity index (χ2n) is 11.7. The van der Waals surface area contributed by atoms with Crippen molar-refractivity contribution in [1.82, 2.24) is 4.57 Å². The third kappa shape index (κ3) is 4.62. The van der Waals surface area contributed by atoms with E-state index in [-0.39, 0.29) is 0 Å². The first-order chi connectivity index (χ1) is 22.7. The van der Waals surface area contributed by atoms with Crippen LogP contribution in [0, 0.1) is 19.3 Å². The molecule has 2 heteroatoms. The zero-order valence-corrected chi connectivity index (χ0v) is 25.6. The van der Waals surface area contributed by atoms with E-state index in [0.29, 0.717) is 6.42 Å². The van der Waals surface area contributed by atoms with Crippen LogP contribution in [0.3, 0.4) is 0 Å². The Kier molecular flexibility index (Phi) is 6.86. The lowest BCUT2D eigenvalue weighted by Crippen LogP contribution is -1.94. The van der Waals surface area contributed by atoms with E-state index in [0.717, 1.165) is 44.7 Å². The largest absolute Gasteiger partial charge is 0.459 e. The SMILES string of the molecule is C#C/C=C\c1c(Cc2ccccc2)oc2c(-c3ccccc3-c3cccc4c3c3ccccc3n4-c3cccc(C)c3)cccc12. The van der Waals surface area contributed by atoms with E-state index in [1.54, 1.807) is 6.08 Å². The van der Waals surface area contributed by atoms with E-state index in [1.807, 2.05) is 12.1 Å². The van der Waals surface area contributed by atoms with Crippen LogP contribution in [0.4, 0.5) is 0 Å². The summed E-state index contributed by atoms with van der Waals surface area (Å²) in [5.74, 6) is 3.57. The van der Waals surface area contributed by atoms with Crippen LogP contribution in [0.1, 0.15) is 22.5 Å². The third-order valence-electron chi connectivity index (χ3n) is 8.85. The van der Waals surface area contributed by atoms with Crippen LogP contribution >= 0.6 is 0 Å². The summed E-state index contributed by atoms with van der Waals surface area (Å²) in [6.07, 6.45) is 10.1. The second-order valence-corrected chi connectivity index (χ2v) is 11.7. The Morgan fingerprint density at radius 2 is 1.30 bits per heavy atom.